The van der Waals surface area contributed by atoms with Gasteiger partial charge in [0.2, 0.25) is 11.8 Å². The van der Waals surface area contributed by atoms with Crippen molar-refractivity contribution in [3.8, 4) is 5.75 Å². The van der Waals surface area contributed by atoms with E-state index in [0.29, 0.717) is 44.9 Å². The molecule has 0 aromatic heterocycles. The van der Waals surface area contributed by atoms with Gasteiger partial charge in [0.25, 0.3) is 0 Å². The van der Waals surface area contributed by atoms with Crippen LogP contribution in [0.25, 0.3) is 0 Å². The van der Waals surface area contributed by atoms with Crippen LogP contribution in [-0.4, -0.2) is 54.9 Å². The van der Waals surface area contributed by atoms with Crippen LogP contribution in [0.3, 0.4) is 0 Å². The highest BCUT2D eigenvalue weighted by molar-refractivity contribution is 5.80. The van der Waals surface area contributed by atoms with Crippen molar-refractivity contribution in [2.24, 2.45) is 0 Å². The summed E-state index contributed by atoms with van der Waals surface area (Å²) >= 11 is 0. The fraction of sp³-hybridized carbons (Fsp3) is 0.619. The number of nitrogens with zero attached hydrogens (tertiary/aromatic N) is 2. The van der Waals surface area contributed by atoms with Crippen LogP contribution in [0, 0.1) is 0 Å². The molecule has 1 heterocycles. The number of amides is 2. The molecule has 2 amide bonds. The predicted octanol–water partition coefficient (Wildman–Crippen LogP) is 3.22. The summed E-state index contributed by atoms with van der Waals surface area (Å²) in [6.07, 6.45) is 2.92. The summed E-state index contributed by atoms with van der Waals surface area (Å²) in [4.78, 5) is 28.5. The standard InChI is InChI=1S/C21H32N2O3/c1-5-6-7-20(24)22-10-12-23(13-11-22)21(25)15-18-9-8-17(16(2)3)14-19(18)26-4/h8-9,14,16H,5-7,10-13,15H2,1-4H3. The molecule has 0 bridgehead atoms. The van der Waals surface area contributed by atoms with E-state index in [4.69, 9.17) is 4.74 Å². The van der Waals surface area contributed by atoms with Gasteiger partial charge in [0.05, 0.1) is 13.5 Å². The average molecular weight is 360 g/mol. The van der Waals surface area contributed by atoms with Crippen LogP contribution < -0.4 is 4.74 Å². The Morgan fingerprint density at radius 3 is 2.23 bits per heavy atom. The second-order valence-corrected chi connectivity index (χ2v) is 7.27. The molecule has 0 radical (unpaired) electrons. The first-order valence-electron chi connectivity index (χ1n) is 9.68. The molecule has 144 valence electrons. The highest BCUT2D eigenvalue weighted by Gasteiger charge is 2.24. The third-order valence-corrected chi connectivity index (χ3v) is 5.05. The summed E-state index contributed by atoms with van der Waals surface area (Å²) in [6, 6.07) is 6.09. The van der Waals surface area contributed by atoms with Gasteiger partial charge < -0.3 is 14.5 Å². The zero-order valence-corrected chi connectivity index (χ0v) is 16.6. The normalized spacial score (nSPS) is 14.7. The maximum atomic E-state index is 12.7. The molecule has 0 saturated carbocycles. The van der Waals surface area contributed by atoms with Crippen molar-refractivity contribution in [3.63, 3.8) is 0 Å². The molecule has 0 spiro atoms. The molecule has 2 rings (SSSR count). The van der Waals surface area contributed by atoms with Crippen LogP contribution in [0.5, 0.6) is 5.75 Å². The molecule has 0 aliphatic carbocycles. The van der Waals surface area contributed by atoms with Crippen molar-refractivity contribution < 1.29 is 14.3 Å². The molecule has 0 N–H and O–H groups in total. The van der Waals surface area contributed by atoms with E-state index in [2.05, 4.69) is 26.8 Å². The summed E-state index contributed by atoms with van der Waals surface area (Å²) < 4.78 is 5.49. The van der Waals surface area contributed by atoms with Gasteiger partial charge in [0, 0.05) is 38.2 Å². The number of carbonyl (C=O) groups excluding carboxylic acids is 2. The lowest BCUT2D eigenvalue weighted by Crippen LogP contribution is -2.50. The number of ether oxygens (including phenoxy) is 1. The van der Waals surface area contributed by atoms with Gasteiger partial charge in [0.1, 0.15) is 5.75 Å². The average Bonchev–Trinajstić information content (AvgIpc) is 2.66. The fourth-order valence-corrected chi connectivity index (χ4v) is 3.23. The van der Waals surface area contributed by atoms with E-state index in [1.54, 1.807) is 7.11 Å². The Morgan fingerprint density at radius 2 is 1.69 bits per heavy atom. The van der Waals surface area contributed by atoms with Gasteiger partial charge >= 0.3 is 0 Å². The predicted molar refractivity (Wildman–Crippen MR) is 103 cm³/mol. The number of rotatable bonds is 7. The molecule has 5 nitrogen and oxygen atoms in total. The van der Waals surface area contributed by atoms with E-state index in [9.17, 15) is 9.59 Å². The Hall–Kier alpha value is -2.04. The highest BCUT2D eigenvalue weighted by atomic mass is 16.5. The van der Waals surface area contributed by atoms with E-state index in [1.807, 2.05) is 21.9 Å². The third kappa shape index (κ3) is 5.23. The first-order chi connectivity index (χ1) is 12.5. The maximum absolute atomic E-state index is 12.7. The Balaban J connectivity index is 1.92. The van der Waals surface area contributed by atoms with Gasteiger partial charge in [-0.15, -0.1) is 0 Å². The smallest absolute Gasteiger partial charge is 0.227 e. The first-order valence-corrected chi connectivity index (χ1v) is 9.68. The minimum atomic E-state index is 0.0984. The topological polar surface area (TPSA) is 49.9 Å². The number of hydrogen-bond acceptors (Lipinski definition) is 3. The summed E-state index contributed by atoms with van der Waals surface area (Å²) in [6.45, 7) is 8.87. The largest absolute Gasteiger partial charge is 0.496 e. The van der Waals surface area contributed by atoms with Crippen molar-refractivity contribution in [1.29, 1.82) is 0 Å². The van der Waals surface area contributed by atoms with E-state index in [1.165, 1.54) is 5.56 Å². The van der Waals surface area contributed by atoms with Crippen LogP contribution >= 0.6 is 0 Å². The van der Waals surface area contributed by atoms with Gasteiger partial charge in [-0.25, -0.2) is 0 Å². The number of piperazine rings is 1. The first kappa shape index (κ1) is 20.3. The molecule has 1 aliphatic heterocycles. The lowest BCUT2D eigenvalue weighted by Gasteiger charge is -2.35. The molecule has 1 fully saturated rings. The number of benzene rings is 1. The molecule has 1 saturated heterocycles. The van der Waals surface area contributed by atoms with Crippen molar-refractivity contribution in [3.05, 3.63) is 29.3 Å². The zero-order valence-electron chi connectivity index (χ0n) is 16.6. The van der Waals surface area contributed by atoms with E-state index < -0.39 is 0 Å². The van der Waals surface area contributed by atoms with E-state index >= 15 is 0 Å². The molecule has 0 atom stereocenters. The monoisotopic (exact) mass is 360 g/mol. The third-order valence-electron chi connectivity index (χ3n) is 5.05. The number of unbranched alkanes of at least 4 members (excludes halogenated alkanes) is 1. The Bertz CT molecular complexity index is 620. The molecular weight excluding hydrogens is 328 g/mol. The summed E-state index contributed by atoms with van der Waals surface area (Å²) in [7, 11) is 1.65. The molecular formula is C21H32N2O3. The Labute approximate surface area is 157 Å². The van der Waals surface area contributed by atoms with Crippen molar-refractivity contribution in [2.75, 3.05) is 33.3 Å². The lowest BCUT2D eigenvalue weighted by atomic mass is 9.99. The molecule has 26 heavy (non-hydrogen) atoms. The van der Waals surface area contributed by atoms with Gasteiger partial charge in [-0.05, 0) is 24.0 Å². The molecule has 1 aromatic carbocycles. The zero-order chi connectivity index (χ0) is 19.1. The van der Waals surface area contributed by atoms with Crippen molar-refractivity contribution >= 4 is 11.8 Å². The molecule has 5 heteroatoms. The van der Waals surface area contributed by atoms with Crippen molar-refractivity contribution in [2.45, 2.75) is 52.4 Å². The van der Waals surface area contributed by atoms with E-state index in [0.717, 1.165) is 24.2 Å². The van der Waals surface area contributed by atoms with Gasteiger partial charge in [0.15, 0.2) is 0 Å². The fourth-order valence-electron chi connectivity index (χ4n) is 3.23. The number of hydrogen-bond donors (Lipinski definition) is 0. The van der Waals surface area contributed by atoms with Crippen LogP contribution in [0.15, 0.2) is 18.2 Å². The highest BCUT2D eigenvalue weighted by Crippen LogP contribution is 2.25. The van der Waals surface area contributed by atoms with Crippen LogP contribution in [0.1, 0.15) is 57.1 Å². The second-order valence-electron chi connectivity index (χ2n) is 7.27. The maximum Gasteiger partial charge on any atom is 0.227 e. The quantitative estimate of drug-likeness (QED) is 0.750. The Kier molecular flexibility index (Phi) is 7.49. The summed E-state index contributed by atoms with van der Waals surface area (Å²) in [5.74, 6) is 1.51. The van der Waals surface area contributed by atoms with Crippen LogP contribution in [0.2, 0.25) is 0 Å². The SMILES string of the molecule is CCCCC(=O)N1CCN(C(=O)Cc2ccc(C(C)C)cc2OC)CC1. The van der Waals surface area contributed by atoms with Crippen LogP contribution in [-0.2, 0) is 16.0 Å². The van der Waals surface area contributed by atoms with Crippen LogP contribution in [0.4, 0.5) is 0 Å². The van der Waals surface area contributed by atoms with Gasteiger partial charge in [-0.3, -0.25) is 9.59 Å². The Morgan fingerprint density at radius 1 is 1.08 bits per heavy atom. The minimum Gasteiger partial charge on any atom is -0.496 e. The molecule has 1 aliphatic rings. The minimum absolute atomic E-state index is 0.0984. The summed E-state index contributed by atoms with van der Waals surface area (Å²) in [5, 5.41) is 0. The lowest BCUT2D eigenvalue weighted by molar-refractivity contribution is -0.139. The van der Waals surface area contributed by atoms with Gasteiger partial charge in [-0.2, -0.15) is 0 Å². The number of carbonyl (C=O) groups is 2. The van der Waals surface area contributed by atoms with Crippen molar-refractivity contribution in [1.82, 2.24) is 9.80 Å². The molecule has 1 aromatic rings. The molecule has 0 unspecified atom stereocenters. The van der Waals surface area contributed by atoms with E-state index in [-0.39, 0.29) is 11.8 Å². The number of methoxy groups -OCH3 is 1. The van der Waals surface area contributed by atoms with Gasteiger partial charge in [-0.1, -0.05) is 39.3 Å². The second kappa shape index (κ2) is 9.60. The summed E-state index contributed by atoms with van der Waals surface area (Å²) in [5.41, 5.74) is 2.13.